The van der Waals surface area contributed by atoms with Crippen molar-refractivity contribution in [1.29, 1.82) is 0 Å². The van der Waals surface area contributed by atoms with Crippen LogP contribution in [0.4, 0.5) is 10.5 Å². The highest BCUT2D eigenvalue weighted by atomic mass is 16.4. The summed E-state index contributed by atoms with van der Waals surface area (Å²) in [5.74, 6) is -0.312. The molecule has 1 aromatic rings. The lowest BCUT2D eigenvalue weighted by molar-refractivity contribution is -0.136. The van der Waals surface area contributed by atoms with Crippen LogP contribution in [0, 0.1) is 5.92 Å². The zero-order chi connectivity index (χ0) is 13.7. The standard InChI is InChI=1S/C13H17N3O3/c17-12(18)6-10-4-5-11(8-14-10)16-13(19)15-7-9-2-1-3-9/h4-5,8-9H,1-3,6-7H2,(H,17,18)(H2,15,16,19). The maximum atomic E-state index is 11.6. The first-order chi connectivity index (χ1) is 9.13. The number of nitrogens with zero attached hydrogens (tertiary/aromatic N) is 1. The fourth-order valence-corrected chi connectivity index (χ4v) is 1.87. The minimum Gasteiger partial charge on any atom is -0.481 e. The molecule has 1 heterocycles. The smallest absolute Gasteiger partial charge is 0.319 e. The molecule has 1 saturated carbocycles. The lowest BCUT2D eigenvalue weighted by Gasteiger charge is -2.25. The van der Waals surface area contributed by atoms with E-state index < -0.39 is 5.97 Å². The fraction of sp³-hybridized carbons (Fsp3) is 0.462. The molecule has 0 aliphatic heterocycles. The molecule has 6 nitrogen and oxygen atoms in total. The molecule has 0 aromatic carbocycles. The number of carboxylic acid groups (broad SMARTS) is 1. The number of urea groups is 1. The van der Waals surface area contributed by atoms with E-state index in [9.17, 15) is 9.59 Å². The molecule has 3 N–H and O–H groups in total. The number of carboxylic acids is 1. The monoisotopic (exact) mass is 263 g/mol. The highest BCUT2D eigenvalue weighted by molar-refractivity contribution is 5.89. The Morgan fingerprint density at radius 2 is 2.16 bits per heavy atom. The first-order valence-corrected chi connectivity index (χ1v) is 6.35. The van der Waals surface area contributed by atoms with E-state index >= 15 is 0 Å². The second kappa shape index (κ2) is 6.17. The van der Waals surface area contributed by atoms with Crippen LogP contribution in [0.2, 0.25) is 0 Å². The summed E-state index contributed by atoms with van der Waals surface area (Å²) >= 11 is 0. The Kier molecular flexibility index (Phi) is 4.33. The van der Waals surface area contributed by atoms with Gasteiger partial charge in [0.1, 0.15) is 0 Å². The summed E-state index contributed by atoms with van der Waals surface area (Å²) < 4.78 is 0. The highest BCUT2D eigenvalue weighted by Gasteiger charge is 2.17. The minimum absolute atomic E-state index is 0.117. The minimum atomic E-state index is -0.925. The highest BCUT2D eigenvalue weighted by Crippen LogP contribution is 2.25. The molecule has 0 saturated heterocycles. The number of rotatable bonds is 5. The third-order valence-electron chi connectivity index (χ3n) is 3.19. The predicted molar refractivity (Wildman–Crippen MR) is 69.9 cm³/mol. The number of carbonyl (C=O) groups excluding carboxylic acids is 1. The van der Waals surface area contributed by atoms with Gasteiger partial charge < -0.3 is 15.7 Å². The number of hydrogen-bond acceptors (Lipinski definition) is 3. The number of aromatic nitrogens is 1. The van der Waals surface area contributed by atoms with Gasteiger partial charge in [-0.2, -0.15) is 0 Å². The summed E-state index contributed by atoms with van der Waals surface area (Å²) in [6, 6.07) is 2.99. The van der Waals surface area contributed by atoms with Crippen molar-refractivity contribution in [1.82, 2.24) is 10.3 Å². The molecule has 0 spiro atoms. The number of carbonyl (C=O) groups is 2. The van der Waals surface area contributed by atoms with Gasteiger partial charge in [-0.1, -0.05) is 6.42 Å². The van der Waals surface area contributed by atoms with Crippen LogP contribution in [0.15, 0.2) is 18.3 Å². The van der Waals surface area contributed by atoms with Gasteiger partial charge in [0.05, 0.1) is 24.0 Å². The zero-order valence-corrected chi connectivity index (χ0v) is 10.6. The Morgan fingerprint density at radius 3 is 2.68 bits per heavy atom. The van der Waals surface area contributed by atoms with E-state index in [-0.39, 0.29) is 12.5 Å². The Labute approximate surface area is 111 Å². The average molecular weight is 263 g/mol. The molecule has 19 heavy (non-hydrogen) atoms. The Balaban J connectivity index is 1.77. The van der Waals surface area contributed by atoms with Gasteiger partial charge in [-0.05, 0) is 30.9 Å². The van der Waals surface area contributed by atoms with Crippen LogP contribution in [0.1, 0.15) is 25.0 Å². The predicted octanol–water partition coefficient (Wildman–Crippen LogP) is 1.63. The van der Waals surface area contributed by atoms with Crippen LogP contribution in [-0.2, 0) is 11.2 Å². The summed E-state index contributed by atoms with van der Waals surface area (Å²) in [4.78, 5) is 26.0. The number of anilines is 1. The zero-order valence-electron chi connectivity index (χ0n) is 10.6. The van der Waals surface area contributed by atoms with Crippen LogP contribution >= 0.6 is 0 Å². The van der Waals surface area contributed by atoms with Crippen molar-refractivity contribution in [2.45, 2.75) is 25.7 Å². The van der Waals surface area contributed by atoms with Crippen LogP contribution in [-0.4, -0.2) is 28.6 Å². The molecule has 0 unspecified atom stereocenters. The molecule has 1 aliphatic carbocycles. The lowest BCUT2D eigenvalue weighted by Crippen LogP contribution is -2.35. The van der Waals surface area contributed by atoms with Gasteiger partial charge in [0, 0.05) is 6.54 Å². The first kappa shape index (κ1) is 13.3. The van der Waals surface area contributed by atoms with Crippen molar-refractivity contribution in [3.63, 3.8) is 0 Å². The third-order valence-corrected chi connectivity index (χ3v) is 3.19. The van der Waals surface area contributed by atoms with Crippen molar-refractivity contribution < 1.29 is 14.7 Å². The number of aliphatic carboxylic acids is 1. The summed E-state index contributed by atoms with van der Waals surface area (Å²) in [5.41, 5.74) is 1.02. The van der Waals surface area contributed by atoms with E-state index in [1.165, 1.54) is 25.5 Å². The molecule has 0 radical (unpaired) electrons. The quantitative estimate of drug-likeness (QED) is 0.753. The van der Waals surface area contributed by atoms with E-state index in [0.717, 1.165) is 0 Å². The van der Waals surface area contributed by atoms with E-state index in [1.54, 1.807) is 12.1 Å². The largest absolute Gasteiger partial charge is 0.481 e. The topological polar surface area (TPSA) is 91.3 Å². The molecular formula is C13H17N3O3. The second-order valence-electron chi connectivity index (χ2n) is 4.74. The maximum Gasteiger partial charge on any atom is 0.319 e. The lowest BCUT2D eigenvalue weighted by atomic mass is 9.85. The van der Waals surface area contributed by atoms with Crippen molar-refractivity contribution in [2.24, 2.45) is 5.92 Å². The molecule has 2 rings (SSSR count). The maximum absolute atomic E-state index is 11.6. The SMILES string of the molecule is O=C(O)Cc1ccc(NC(=O)NCC2CCC2)cn1. The van der Waals surface area contributed by atoms with E-state index in [0.29, 0.717) is 23.8 Å². The number of nitrogens with one attached hydrogen (secondary N) is 2. The van der Waals surface area contributed by atoms with E-state index in [2.05, 4.69) is 15.6 Å². The van der Waals surface area contributed by atoms with Gasteiger partial charge >= 0.3 is 12.0 Å². The Morgan fingerprint density at radius 1 is 1.37 bits per heavy atom. The molecule has 0 atom stereocenters. The van der Waals surface area contributed by atoms with Crippen molar-refractivity contribution in [3.8, 4) is 0 Å². The summed E-state index contributed by atoms with van der Waals surface area (Å²) in [6.07, 6.45) is 4.97. The van der Waals surface area contributed by atoms with Crippen LogP contribution in [0.5, 0.6) is 0 Å². The van der Waals surface area contributed by atoms with Gasteiger partial charge in [-0.25, -0.2) is 4.79 Å². The van der Waals surface area contributed by atoms with Gasteiger partial charge in [0.2, 0.25) is 0 Å². The fourth-order valence-electron chi connectivity index (χ4n) is 1.87. The van der Waals surface area contributed by atoms with Gasteiger partial charge in [-0.15, -0.1) is 0 Å². The van der Waals surface area contributed by atoms with Crippen LogP contribution in [0.25, 0.3) is 0 Å². The number of pyridine rings is 1. The van der Waals surface area contributed by atoms with E-state index in [4.69, 9.17) is 5.11 Å². The van der Waals surface area contributed by atoms with E-state index in [1.807, 2.05) is 0 Å². The van der Waals surface area contributed by atoms with Crippen LogP contribution < -0.4 is 10.6 Å². The van der Waals surface area contributed by atoms with Crippen molar-refractivity contribution in [3.05, 3.63) is 24.0 Å². The van der Waals surface area contributed by atoms with Gasteiger partial charge in [-0.3, -0.25) is 9.78 Å². The normalized spacial score (nSPS) is 14.5. The molecule has 102 valence electrons. The van der Waals surface area contributed by atoms with Gasteiger partial charge in [0.15, 0.2) is 0 Å². The molecular weight excluding hydrogens is 246 g/mol. The molecule has 6 heteroatoms. The van der Waals surface area contributed by atoms with Gasteiger partial charge in [0.25, 0.3) is 0 Å². The second-order valence-corrected chi connectivity index (χ2v) is 4.74. The summed E-state index contributed by atoms with van der Waals surface area (Å²) in [5, 5.41) is 14.1. The number of amides is 2. The summed E-state index contributed by atoms with van der Waals surface area (Å²) in [6.45, 7) is 0.705. The number of hydrogen-bond donors (Lipinski definition) is 3. The van der Waals surface area contributed by atoms with Crippen molar-refractivity contribution in [2.75, 3.05) is 11.9 Å². The molecule has 0 bridgehead atoms. The molecule has 2 amide bonds. The Bertz CT molecular complexity index is 455. The third kappa shape index (κ3) is 4.24. The molecule has 1 aromatic heterocycles. The first-order valence-electron chi connectivity index (χ1n) is 6.35. The Hall–Kier alpha value is -2.11. The van der Waals surface area contributed by atoms with Crippen molar-refractivity contribution >= 4 is 17.7 Å². The summed E-state index contributed by atoms with van der Waals surface area (Å²) in [7, 11) is 0. The average Bonchev–Trinajstić information content (AvgIpc) is 2.29. The molecule has 1 fully saturated rings. The van der Waals surface area contributed by atoms with Crippen LogP contribution in [0.3, 0.4) is 0 Å². The molecule has 1 aliphatic rings.